The van der Waals surface area contributed by atoms with Gasteiger partial charge in [-0.15, -0.1) is 0 Å². The highest BCUT2D eigenvalue weighted by atomic mass is 16.5. The molecule has 92 valence electrons. The van der Waals surface area contributed by atoms with Gasteiger partial charge in [-0.1, -0.05) is 5.16 Å². The van der Waals surface area contributed by atoms with Crippen LogP contribution < -0.4 is 5.32 Å². The minimum Gasteiger partial charge on any atom is -0.337 e. The molecular weight excluding hydrogens is 218 g/mol. The largest absolute Gasteiger partial charge is 0.337 e. The van der Waals surface area contributed by atoms with Crippen LogP contribution in [0, 0.1) is 0 Å². The van der Waals surface area contributed by atoms with Gasteiger partial charge in [0.2, 0.25) is 11.7 Å². The van der Waals surface area contributed by atoms with Crippen molar-refractivity contribution in [3.05, 3.63) is 18.2 Å². The number of nitrogens with one attached hydrogen (secondary N) is 1. The molecular formula is C11H17N5O. The summed E-state index contributed by atoms with van der Waals surface area (Å²) in [6.45, 7) is 6.82. The first-order valence-electron chi connectivity index (χ1n) is 5.52. The van der Waals surface area contributed by atoms with E-state index in [1.165, 1.54) is 0 Å². The fourth-order valence-corrected chi connectivity index (χ4v) is 1.31. The molecule has 6 heteroatoms. The lowest BCUT2D eigenvalue weighted by Gasteiger charge is -2.18. The molecule has 0 spiro atoms. The van der Waals surface area contributed by atoms with Gasteiger partial charge in [-0.3, -0.25) is 4.68 Å². The molecule has 0 aliphatic rings. The standard InChI is InChI=1S/C11H17N5O/c1-11(2,3)12-7-9-13-10(15-17-9)8-5-6-16(4)14-8/h5-6,12H,7H2,1-4H3. The molecule has 2 heterocycles. The summed E-state index contributed by atoms with van der Waals surface area (Å²) in [7, 11) is 1.85. The van der Waals surface area contributed by atoms with Crippen molar-refractivity contribution < 1.29 is 4.52 Å². The predicted octanol–water partition coefficient (Wildman–Crippen LogP) is 1.36. The van der Waals surface area contributed by atoms with Gasteiger partial charge in [0.15, 0.2) is 0 Å². The Balaban J connectivity index is 2.06. The molecule has 0 unspecified atom stereocenters. The summed E-state index contributed by atoms with van der Waals surface area (Å²) in [6, 6.07) is 1.85. The van der Waals surface area contributed by atoms with Crippen LogP contribution in [0.25, 0.3) is 11.5 Å². The Hall–Kier alpha value is -1.69. The Morgan fingerprint density at radius 3 is 2.76 bits per heavy atom. The number of nitrogens with zero attached hydrogens (tertiary/aromatic N) is 4. The van der Waals surface area contributed by atoms with Crippen LogP contribution >= 0.6 is 0 Å². The van der Waals surface area contributed by atoms with Crippen LogP contribution in [0.4, 0.5) is 0 Å². The number of hydrogen-bond acceptors (Lipinski definition) is 5. The van der Waals surface area contributed by atoms with Gasteiger partial charge in [-0.05, 0) is 26.8 Å². The normalized spacial score (nSPS) is 12.0. The summed E-state index contributed by atoms with van der Waals surface area (Å²) in [4.78, 5) is 4.28. The third-order valence-electron chi connectivity index (χ3n) is 2.18. The van der Waals surface area contributed by atoms with Crippen molar-refractivity contribution in [2.24, 2.45) is 7.05 Å². The van der Waals surface area contributed by atoms with Crippen molar-refractivity contribution in [1.29, 1.82) is 0 Å². The summed E-state index contributed by atoms with van der Waals surface area (Å²) >= 11 is 0. The first-order chi connectivity index (χ1) is 7.94. The fourth-order valence-electron chi connectivity index (χ4n) is 1.31. The lowest BCUT2D eigenvalue weighted by molar-refractivity contribution is 0.336. The third kappa shape index (κ3) is 3.13. The number of aromatic nitrogens is 4. The van der Waals surface area contributed by atoms with Crippen molar-refractivity contribution in [2.45, 2.75) is 32.9 Å². The smallest absolute Gasteiger partial charge is 0.240 e. The minimum atomic E-state index is 0.0274. The topological polar surface area (TPSA) is 68.8 Å². The summed E-state index contributed by atoms with van der Waals surface area (Å²) < 4.78 is 6.86. The molecule has 0 saturated heterocycles. The molecule has 2 aromatic heterocycles. The van der Waals surface area contributed by atoms with Crippen molar-refractivity contribution in [2.75, 3.05) is 0 Å². The zero-order valence-corrected chi connectivity index (χ0v) is 10.6. The van der Waals surface area contributed by atoms with E-state index in [1.54, 1.807) is 4.68 Å². The van der Waals surface area contributed by atoms with Crippen LogP contribution in [-0.2, 0) is 13.6 Å². The highest BCUT2D eigenvalue weighted by Crippen LogP contribution is 2.12. The summed E-state index contributed by atoms with van der Waals surface area (Å²) in [5, 5.41) is 11.4. The highest BCUT2D eigenvalue weighted by Gasteiger charge is 2.14. The van der Waals surface area contributed by atoms with Crippen LogP contribution in [0.5, 0.6) is 0 Å². The van der Waals surface area contributed by atoms with E-state index in [0.29, 0.717) is 18.3 Å². The van der Waals surface area contributed by atoms with Crippen molar-refractivity contribution >= 4 is 0 Å². The summed E-state index contributed by atoms with van der Waals surface area (Å²) in [5.74, 6) is 1.09. The average Bonchev–Trinajstić information content (AvgIpc) is 2.81. The molecule has 1 N–H and O–H groups in total. The zero-order valence-electron chi connectivity index (χ0n) is 10.6. The zero-order chi connectivity index (χ0) is 12.5. The Morgan fingerprint density at radius 2 is 2.18 bits per heavy atom. The maximum absolute atomic E-state index is 5.15. The van der Waals surface area contributed by atoms with Gasteiger partial charge >= 0.3 is 0 Å². The van der Waals surface area contributed by atoms with Gasteiger partial charge in [-0.2, -0.15) is 10.1 Å². The van der Waals surface area contributed by atoms with E-state index in [1.807, 2.05) is 19.3 Å². The van der Waals surface area contributed by atoms with Gasteiger partial charge in [0.25, 0.3) is 0 Å². The molecule has 0 saturated carbocycles. The maximum Gasteiger partial charge on any atom is 0.240 e. The summed E-state index contributed by atoms with van der Waals surface area (Å²) in [6.07, 6.45) is 1.85. The van der Waals surface area contributed by atoms with Crippen molar-refractivity contribution in [1.82, 2.24) is 25.2 Å². The van der Waals surface area contributed by atoms with Gasteiger partial charge < -0.3 is 9.84 Å². The second-order valence-electron chi connectivity index (χ2n) is 4.99. The molecule has 0 aromatic carbocycles. The van der Waals surface area contributed by atoms with Crippen LogP contribution in [0.1, 0.15) is 26.7 Å². The molecule has 0 fully saturated rings. The fraction of sp³-hybridized carbons (Fsp3) is 0.545. The predicted molar refractivity (Wildman–Crippen MR) is 63.1 cm³/mol. The molecule has 2 aromatic rings. The first kappa shape index (κ1) is 11.8. The maximum atomic E-state index is 5.15. The molecule has 0 aliphatic carbocycles. The molecule has 0 radical (unpaired) electrons. The van der Waals surface area contributed by atoms with Crippen molar-refractivity contribution in [3.8, 4) is 11.5 Å². The van der Waals surface area contributed by atoms with E-state index in [-0.39, 0.29) is 5.54 Å². The quantitative estimate of drug-likeness (QED) is 0.869. The second-order valence-corrected chi connectivity index (χ2v) is 4.99. The van der Waals surface area contributed by atoms with E-state index < -0.39 is 0 Å². The Morgan fingerprint density at radius 1 is 1.41 bits per heavy atom. The van der Waals surface area contributed by atoms with Gasteiger partial charge in [0, 0.05) is 18.8 Å². The second kappa shape index (κ2) is 4.29. The lowest BCUT2D eigenvalue weighted by atomic mass is 10.1. The minimum absolute atomic E-state index is 0.0274. The number of rotatable bonds is 3. The van der Waals surface area contributed by atoms with Crippen LogP contribution in [0.3, 0.4) is 0 Å². The summed E-state index contributed by atoms with van der Waals surface area (Å²) in [5.41, 5.74) is 0.748. The highest BCUT2D eigenvalue weighted by molar-refractivity contribution is 5.46. The third-order valence-corrected chi connectivity index (χ3v) is 2.18. The Bertz CT molecular complexity index is 494. The van der Waals surface area contributed by atoms with E-state index >= 15 is 0 Å². The Labute approximate surface area is 100 Å². The molecule has 2 rings (SSSR count). The first-order valence-corrected chi connectivity index (χ1v) is 5.52. The molecule has 0 atom stereocenters. The van der Waals surface area contributed by atoms with Crippen LogP contribution in [-0.4, -0.2) is 25.5 Å². The molecule has 17 heavy (non-hydrogen) atoms. The van der Waals surface area contributed by atoms with Crippen molar-refractivity contribution in [3.63, 3.8) is 0 Å². The van der Waals surface area contributed by atoms with E-state index in [0.717, 1.165) is 5.69 Å². The van der Waals surface area contributed by atoms with Crippen LogP contribution in [0.15, 0.2) is 16.8 Å². The molecule has 0 amide bonds. The lowest BCUT2D eigenvalue weighted by Crippen LogP contribution is -2.35. The van der Waals surface area contributed by atoms with Gasteiger partial charge in [0.05, 0.1) is 6.54 Å². The number of aryl methyl sites for hydroxylation is 1. The number of hydrogen-bond donors (Lipinski definition) is 1. The monoisotopic (exact) mass is 235 g/mol. The van der Waals surface area contributed by atoms with Gasteiger partial charge in [-0.25, -0.2) is 0 Å². The molecule has 0 aliphatic heterocycles. The average molecular weight is 235 g/mol. The molecule has 0 bridgehead atoms. The van der Waals surface area contributed by atoms with Crippen LogP contribution in [0.2, 0.25) is 0 Å². The molecule has 6 nitrogen and oxygen atoms in total. The SMILES string of the molecule is Cn1ccc(-c2noc(CNC(C)(C)C)n2)n1. The van der Waals surface area contributed by atoms with E-state index in [2.05, 4.69) is 41.3 Å². The van der Waals surface area contributed by atoms with E-state index in [4.69, 9.17) is 4.52 Å². The van der Waals surface area contributed by atoms with E-state index in [9.17, 15) is 0 Å². The van der Waals surface area contributed by atoms with Gasteiger partial charge in [0.1, 0.15) is 5.69 Å². The Kier molecular flexibility index (Phi) is 2.97.